The lowest BCUT2D eigenvalue weighted by Gasteiger charge is -2.26. The average Bonchev–Trinajstić information content (AvgIpc) is 3.50. The summed E-state index contributed by atoms with van der Waals surface area (Å²) in [6.45, 7) is 2.16. The fourth-order valence-electron chi connectivity index (χ4n) is 7.17. The molecule has 2 saturated carbocycles. The van der Waals surface area contributed by atoms with Gasteiger partial charge in [0.05, 0.1) is 12.1 Å². The number of ether oxygens (including phenoxy) is 2. The summed E-state index contributed by atoms with van der Waals surface area (Å²) in [6.07, 6.45) is 12.7. The summed E-state index contributed by atoms with van der Waals surface area (Å²) in [5.41, 5.74) is 3.08. The maximum atomic E-state index is 14.1. The fraction of sp³-hybridized carbons (Fsp3) is 0.528. The van der Waals surface area contributed by atoms with E-state index in [-0.39, 0.29) is 30.9 Å². The van der Waals surface area contributed by atoms with Crippen LogP contribution in [0.4, 0.5) is 4.79 Å². The van der Waals surface area contributed by atoms with E-state index in [0.29, 0.717) is 30.2 Å². The molecule has 2 aliphatic heterocycles. The predicted octanol–water partition coefficient (Wildman–Crippen LogP) is 5.32. The van der Waals surface area contributed by atoms with Crippen LogP contribution in [0.15, 0.2) is 41.9 Å². The predicted molar refractivity (Wildman–Crippen MR) is 184 cm³/mol. The number of carbonyl (C=O) groups is 4. The molecular formula is C36H42N6O7S. The normalized spacial score (nSPS) is 25.9. The van der Waals surface area contributed by atoms with Gasteiger partial charge in [-0.25, -0.2) is 14.6 Å². The molecule has 3 fully saturated rings. The summed E-state index contributed by atoms with van der Waals surface area (Å²) >= 11 is 1.47. The van der Waals surface area contributed by atoms with Crippen molar-refractivity contribution in [1.29, 1.82) is 0 Å². The molecule has 0 aromatic carbocycles. The molecule has 0 bridgehead atoms. The Hall–Kier alpha value is -4.59. The number of amides is 3. The van der Waals surface area contributed by atoms with E-state index in [9.17, 15) is 19.2 Å². The van der Waals surface area contributed by atoms with E-state index in [4.69, 9.17) is 24.3 Å². The largest absolute Gasteiger partial charge is 0.471 e. The van der Waals surface area contributed by atoms with Crippen LogP contribution in [-0.4, -0.2) is 74.1 Å². The number of pyridine rings is 1. The number of aromatic nitrogens is 3. The number of aryl methyl sites for hydroxylation is 1. The number of carbonyl (C=O) groups excluding carboxylic acids is 4. The van der Waals surface area contributed by atoms with Gasteiger partial charge in [-0.1, -0.05) is 31.1 Å². The molecule has 3 amide bonds. The molecule has 1 saturated heterocycles. The zero-order valence-corrected chi connectivity index (χ0v) is 28.9. The first kappa shape index (κ1) is 33.9. The minimum atomic E-state index is -1.38. The molecule has 4 unspecified atom stereocenters. The molecule has 0 spiro atoms. The van der Waals surface area contributed by atoms with E-state index >= 15 is 0 Å². The SMILES string of the molecule is Cc1csc2c(OC3CC4C(=O)NC5(C(=O)ONC(=O)OC6CCCC6)CC5C=CCCCCCCC(=O)N4C3)nc(-c3ccccn3)nc12. The first-order chi connectivity index (χ1) is 24.3. The highest BCUT2D eigenvalue weighted by atomic mass is 32.1. The second-order valence-electron chi connectivity index (χ2n) is 13.7. The van der Waals surface area contributed by atoms with Crippen molar-refractivity contribution in [3.05, 3.63) is 47.5 Å². The summed E-state index contributed by atoms with van der Waals surface area (Å²) in [5.74, 6) is -0.929. The molecule has 13 nitrogen and oxygen atoms in total. The van der Waals surface area contributed by atoms with Gasteiger partial charge in [-0.2, -0.15) is 4.98 Å². The van der Waals surface area contributed by atoms with Crippen molar-refractivity contribution in [2.45, 2.75) is 108 Å². The third-order valence-corrected chi connectivity index (χ3v) is 11.1. The van der Waals surface area contributed by atoms with Crippen LogP contribution in [-0.2, 0) is 24.0 Å². The fourth-order valence-corrected chi connectivity index (χ4v) is 8.09. The van der Waals surface area contributed by atoms with Gasteiger partial charge >= 0.3 is 12.1 Å². The topological polar surface area (TPSA) is 162 Å². The van der Waals surface area contributed by atoms with Crippen LogP contribution in [0, 0.1) is 12.8 Å². The molecule has 7 rings (SSSR count). The quantitative estimate of drug-likeness (QED) is 0.263. The molecule has 2 N–H and O–H groups in total. The van der Waals surface area contributed by atoms with Crippen LogP contribution >= 0.6 is 11.3 Å². The summed E-state index contributed by atoms with van der Waals surface area (Å²) in [5, 5.41) is 4.93. The number of fused-ring (bicyclic) bond motifs is 3. The van der Waals surface area contributed by atoms with Crippen LogP contribution < -0.4 is 15.5 Å². The molecule has 50 heavy (non-hydrogen) atoms. The van der Waals surface area contributed by atoms with Crippen molar-refractivity contribution < 1.29 is 33.5 Å². The van der Waals surface area contributed by atoms with Gasteiger partial charge in [0, 0.05) is 25.0 Å². The van der Waals surface area contributed by atoms with Gasteiger partial charge in [-0.15, -0.1) is 16.8 Å². The number of hydroxylamine groups is 1. The molecule has 3 aromatic rings. The molecular weight excluding hydrogens is 660 g/mol. The lowest BCUT2D eigenvalue weighted by atomic mass is 10.1. The molecule has 264 valence electrons. The number of allylic oxidation sites excluding steroid dienone is 1. The zero-order chi connectivity index (χ0) is 34.7. The number of nitrogens with one attached hydrogen (secondary N) is 2. The van der Waals surface area contributed by atoms with E-state index in [0.717, 1.165) is 73.6 Å². The van der Waals surface area contributed by atoms with Crippen LogP contribution in [0.2, 0.25) is 0 Å². The smallest absolute Gasteiger partial charge is 0.440 e. The van der Waals surface area contributed by atoms with Gasteiger partial charge in [0.1, 0.15) is 34.2 Å². The van der Waals surface area contributed by atoms with E-state index in [1.807, 2.05) is 42.7 Å². The minimum Gasteiger partial charge on any atom is -0.471 e. The monoisotopic (exact) mass is 702 g/mol. The first-order valence-electron chi connectivity index (χ1n) is 17.6. The highest BCUT2D eigenvalue weighted by Crippen LogP contribution is 2.46. The summed E-state index contributed by atoms with van der Waals surface area (Å²) in [6, 6.07) is 4.63. The number of rotatable bonds is 5. The van der Waals surface area contributed by atoms with Crippen LogP contribution in [0.25, 0.3) is 21.7 Å². The molecule has 4 atom stereocenters. The van der Waals surface area contributed by atoms with Crippen molar-refractivity contribution in [3.8, 4) is 17.4 Å². The lowest BCUT2D eigenvalue weighted by molar-refractivity contribution is -0.156. The Morgan fingerprint density at radius 3 is 2.72 bits per heavy atom. The number of thiophene rings is 1. The van der Waals surface area contributed by atoms with Crippen molar-refractivity contribution >= 4 is 45.4 Å². The summed E-state index contributed by atoms with van der Waals surface area (Å²) in [7, 11) is 0. The Labute approximate surface area is 294 Å². The van der Waals surface area contributed by atoms with E-state index < -0.39 is 35.7 Å². The van der Waals surface area contributed by atoms with Gasteiger partial charge in [-0.3, -0.25) is 14.6 Å². The van der Waals surface area contributed by atoms with Crippen LogP contribution in [0.3, 0.4) is 0 Å². The minimum absolute atomic E-state index is 0.140. The molecule has 14 heteroatoms. The van der Waals surface area contributed by atoms with Crippen LogP contribution in [0.1, 0.15) is 82.6 Å². The third-order valence-electron chi connectivity index (χ3n) is 10.0. The highest BCUT2D eigenvalue weighted by Gasteiger charge is 2.62. The number of hydrogen-bond acceptors (Lipinski definition) is 11. The molecule has 2 aliphatic carbocycles. The van der Waals surface area contributed by atoms with Gasteiger partial charge in [0.15, 0.2) is 5.82 Å². The van der Waals surface area contributed by atoms with Crippen molar-refractivity contribution in [2.75, 3.05) is 6.54 Å². The Morgan fingerprint density at radius 2 is 1.90 bits per heavy atom. The van der Waals surface area contributed by atoms with Crippen LogP contribution in [0.5, 0.6) is 5.88 Å². The maximum absolute atomic E-state index is 14.1. The Balaban J connectivity index is 1.11. The summed E-state index contributed by atoms with van der Waals surface area (Å²) in [4.78, 5) is 74.3. The Morgan fingerprint density at radius 1 is 1.06 bits per heavy atom. The molecule has 3 aromatic heterocycles. The average molecular weight is 703 g/mol. The van der Waals surface area contributed by atoms with E-state index in [2.05, 4.69) is 15.8 Å². The molecule has 0 radical (unpaired) electrons. The van der Waals surface area contributed by atoms with Crippen molar-refractivity contribution in [1.82, 2.24) is 30.6 Å². The van der Waals surface area contributed by atoms with Crippen molar-refractivity contribution in [3.63, 3.8) is 0 Å². The third kappa shape index (κ3) is 7.30. The Bertz CT molecular complexity index is 1780. The highest BCUT2D eigenvalue weighted by molar-refractivity contribution is 7.17. The Kier molecular flexibility index (Phi) is 9.97. The van der Waals surface area contributed by atoms with Gasteiger partial charge in [-0.05, 0) is 81.4 Å². The summed E-state index contributed by atoms with van der Waals surface area (Å²) < 4.78 is 12.7. The zero-order valence-electron chi connectivity index (χ0n) is 28.1. The van der Waals surface area contributed by atoms with Gasteiger partial charge in [0.25, 0.3) is 0 Å². The number of hydrogen-bond donors (Lipinski definition) is 2. The molecule has 5 heterocycles. The van der Waals surface area contributed by atoms with E-state index in [1.165, 1.54) is 11.3 Å². The van der Waals surface area contributed by atoms with Gasteiger partial charge < -0.3 is 24.5 Å². The lowest BCUT2D eigenvalue weighted by Crippen LogP contribution is -2.54. The maximum Gasteiger partial charge on any atom is 0.440 e. The van der Waals surface area contributed by atoms with Crippen molar-refractivity contribution in [2.24, 2.45) is 5.92 Å². The molecule has 4 aliphatic rings. The second-order valence-corrected chi connectivity index (χ2v) is 14.5. The first-order valence-corrected chi connectivity index (χ1v) is 18.5. The van der Waals surface area contributed by atoms with E-state index in [1.54, 1.807) is 11.1 Å². The van der Waals surface area contributed by atoms with Gasteiger partial charge in [0.2, 0.25) is 17.7 Å². The second kappa shape index (κ2) is 14.7. The number of nitrogens with zero attached hydrogens (tertiary/aromatic N) is 4. The standard InChI is InChI=1S/C36H42N6O7S/c1-22-21-50-30-29(22)38-31(26-15-10-11-17-37-26)39-33(30)47-25-18-27-32(44)40-36(34(45)49-41-35(46)48-24-13-8-9-14-24)19-23(36)12-6-4-2-3-5-7-16-28(43)42(27)20-25/h6,10-12,15,17,21,23-25,27H,2-5,7-9,13-14,16,18-20H2,1H3,(H,40,44)(H,41,46).